The Labute approximate surface area is 122 Å². The number of nitrogens with one attached hydrogen (secondary N) is 1. The SMILES string of the molecule is CCC(C)C(NCC(O)c1ccccc1Br)C(N)=O. The smallest absolute Gasteiger partial charge is 0.234 e. The third-order valence-electron chi connectivity index (χ3n) is 3.31. The van der Waals surface area contributed by atoms with Gasteiger partial charge < -0.3 is 16.2 Å². The summed E-state index contributed by atoms with van der Waals surface area (Å²) in [6.45, 7) is 4.26. The first kappa shape index (κ1) is 16.1. The molecule has 0 aromatic heterocycles. The molecule has 0 spiro atoms. The molecular formula is C14H21BrN2O2. The summed E-state index contributed by atoms with van der Waals surface area (Å²) < 4.78 is 0.850. The van der Waals surface area contributed by atoms with Crippen LogP contribution in [0, 0.1) is 5.92 Å². The molecule has 1 amide bonds. The average Bonchev–Trinajstić information content (AvgIpc) is 2.38. The van der Waals surface area contributed by atoms with E-state index in [1.807, 2.05) is 38.1 Å². The zero-order valence-corrected chi connectivity index (χ0v) is 12.9. The number of rotatable bonds is 7. The molecule has 4 nitrogen and oxygen atoms in total. The summed E-state index contributed by atoms with van der Waals surface area (Å²) >= 11 is 3.40. The maximum absolute atomic E-state index is 11.4. The summed E-state index contributed by atoms with van der Waals surface area (Å²) in [5.41, 5.74) is 6.17. The van der Waals surface area contributed by atoms with Gasteiger partial charge in [-0.2, -0.15) is 0 Å². The van der Waals surface area contributed by atoms with Gasteiger partial charge in [0.1, 0.15) is 0 Å². The molecule has 0 radical (unpaired) electrons. The molecule has 5 heteroatoms. The molecule has 0 saturated carbocycles. The number of primary amides is 1. The second kappa shape index (κ2) is 7.62. The second-order valence-electron chi connectivity index (χ2n) is 4.71. The number of nitrogens with two attached hydrogens (primary N) is 1. The van der Waals surface area contributed by atoms with E-state index in [-0.39, 0.29) is 11.8 Å². The third-order valence-corrected chi connectivity index (χ3v) is 4.04. The Bertz CT molecular complexity index is 426. The van der Waals surface area contributed by atoms with Crippen LogP contribution < -0.4 is 11.1 Å². The van der Waals surface area contributed by atoms with Gasteiger partial charge in [0, 0.05) is 11.0 Å². The van der Waals surface area contributed by atoms with E-state index >= 15 is 0 Å². The first-order chi connectivity index (χ1) is 8.97. The van der Waals surface area contributed by atoms with Gasteiger partial charge >= 0.3 is 0 Å². The predicted octanol–water partition coefficient (Wildman–Crippen LogP) is 1.97. The number of amides is 1. The summed E-state index contributed by atoms with van der Waals surface area (Å²) in [5.74, 6) is -0.238. The first-order valence-electron chi connectivity index (χ1n) is 6.42. The molecular weight excluding hydrogens is 308 g/mol. The fourth-order valence-electron chi connectivity index (χ4n) is 1.91. The number of hydrogen-bond donors (Lipinski definition) is 3. The maximum Gasteiger partial charge on any atom is 0.234 e. The zero-order chi connectivity index (χ0) is 14.4. The van der Waals surface area contributed by atoms with Gasteiger partial charge in [-0.3, -0.25) is 4.79 Å². The van der Waals surface area contributed by atoms with E-state index in [0.29, 0.717) is 6.54 Å². The Kier molecular flexibility index (Phi) is 6.48. The molecule has 3 unspecified atom stereocenters. The molecule has 3 atom stereocenters. The van der Waals surface area contributed by atoms with E-state index in [1.165, 1.54) is 0 Å². The van der Waals surface area contributed by atoms with Gasteiger partial charge in [-0.05, 0) is 17.5 Å². The van der Waals surface area contributed by atoms with Gasteiger partial charge in [-0.1, -0.05) is 54.4 Å². The highest BCUT2D eigenvalue weighted by molar-refractivity contribution is 9.10. The average molecular weight is 329 g/mol. The van der Waals surface area contributed by atoms with Crippen molar-refractivity contribution < 1.29 is 9.90 Å². The van der Waals surface area contributed by atoms with Crippen molar-refractivity contribution in [3.63, 3.8) is 0 Å². The highest BCUT2D eigenvalue weighted by atomic mass is 79.9. The van der Waals surface area contributed by atoms with Crippen LogP contribution in [-0.2, 0) is 4.79 Å². The fraction of sp³-hybridized carbons (Fsp3) is 0.500. The van der Waals surface area contributed by atoms with Gasteiger partial charge in [-0.25, -0.2) is 0 Å². The summed E-state index contributed by atoms with van der Waals surface area (Å²) in [6, 6.07) is 7.06. The molecule has 1 aromatic carbocycles. The van der Waals surface area contributed by atoms with E-state index in [9.17, 15) is 9.90 Å². The number of carbonyl (C=O) groups is 1. The fourth-order valence-corrected chi connectivity index (χ4v) is 2.46. The molecule has 0 fully saturated rings. The van der Waals surface area contributed by atoms with Crippen LogP contribution in [0.2, 0.25) is 0 Å². The molecule has 0 bridgehead atoms. The lowest BCUT2D eigenvalue weighted by atomic mass is 9.98. The van der Waals surface area contributed by atoms with Crippen molar-refractivity contribution in [2.24, 2.45) is 11.7 Å². The van der Waals surface area contributed by atoms with E-state index in [2.05, 4.69) is 21.2 Å². The normalized spacial score (nSPS) is 15.8. The molecule has 0 saturated heterocycles. The Morgan fingerprint density at radius 3 is 2.63 bits per heavy atom. The van der Waals surface area contributed by atoms with Crippen LogP contribution in [0.1, 0.15) is 31.9 Å². The molecule has 1 rings (SSSR count). The lowest BCUT2D eigenvalue weighted by Crippen LogP contribution is -2.47. The van der Waals surface area contributed by atoms with Crippen molar-refractivity contribution in [3.05, 3.63) is 34.3 Å². The molecule has 0 heterocycles. The molecule has 1 aromatic rings. The monoisotopic (exact) mass is 328 g/mol. The standard InChI is InChI=1S/C14H21BrN2O2/c1-3-9(2)13(14(16)19)17-8-12(18)10-6-4-5-7-11(10)15/h4-7,9,12-13,17-18H,3,8H2,1-2H3,(H2,16,19). The van der Waals surface area contributed by atoms with Crippen LogP contribution in [0.4, 0.5) is 0 Å². The van der Waals surface area contributed by atoms with E-state index in [0.717, 1.165) is 16.5 Å². The van der Waals surface area contributed by atoms with Crippen LogP contribution in [0.25, 0.3) is 0 Å². The van der Waals surface area contributed by atoms with Gasteiger partial charge in [0.15, 0.2) is 0 Å². The number of halogens is 1. The van der Waals surface area contributed by atoms with Crippen LogP contribution in [0.3, 0.4) is 0 Å². The topological polar surface area (TPSA) is 75.3 Å². The number of aliphatic hydroxyl groups excluding tert-OH is 1. The zero-order valence-electron chi connectivity index (χ0n) is 11.3. The minimum absolute atomic E-state index is 0.143. The minimum Gasteiger partial charge on any atom is -0.387 e. The highest BCUT2D eigenvalue weighted by Gasteiger charge is 2.22. The molecule has 0 aliphatic heterocycles. The van der Waals surface area contributed by atoms with E-state index < -0.39 is 12.1 Å². The van der Waals surface area contributed by atoms with E-state index in [4.69, 9.17) is 5.73 Å². The van der Waals surface area contributed by atoms with Crippen molar-refractivity contribution in [3.8, 4) is 0 Å². The highest BCUT2D eigenvalue weighted by Crippen LogP contribution is 2.22. The van der Waals surface area contributed by atoms with Crippen LogP contribution in [0.15, 0.2) is 28.7 Å². The predicted molar refractivity (Wildman–Crippen MR) is 79.5 cm³/mol. The van der Waals surface area contributed by atoms with Crippen LogP contribution >= 0.6 is 15.9 Å². The second-order valence-corrected chi connectivity index (χ2v) is 5.57. The lowest BCUT2D eigenvalue weighted by molar-refractivity contribution is -0.121. The molecule has 106 valence electrons. The van der Waals surface area contributed by atoms with Crippen molar-refractivity contribution in [1.29, 1.82) is 0 Å². The van der Waals surface area contributed by atoms with Crippen molar-refractivity contribution in [1.82, 2.24) is 5.32 Å². The molecule has 19 heavy (non-hydrogen) atoms. The maximum atomic E-state index is 11.4. The molecule has 0 aliphatic rings. The minimum atomic E-state index is -0.679. The number of carbonyl (C=O) groups excluding carboxylic acids is 1. The quantitative estimate of drug-likeness (QED) is 0.716. The number of benzene rings is 1. The Morgan fingerprint density at radius 2 is 2.11 bits per heavy atom. The molecule has 0 aliphatic carbocycles. The summed E-state index contributed by atoms with van der Waals surface area (Å²) in [5, 5.41) is 13.2. The number of hydrogen-bond acceptors (Lipinski definition) is 3. The third kappa shape index (κ3) is 4.60. The lowest BCUT2D eigenvalue weighted by Gasteiger charge is -2.23. The molecule has 4 N–H and O–H groups in total. The van der Waals surface area contributed by atoms with Gasteiger partial charge in [0.2, 0.25) is 5.91 Å². The Hall–Kier alpha value is -0.910. The van der Waals surface area contributed by atoms with Crippen LogP contribution in [0.5, 0.6) is 0 Å². The Morgan fingerprint density at radius 1 is 1.47 bits per heavy atom. The van der Waals surface area contributed by atoms with Gasteiger partial charge in [0.05, 0.1) is 12.1 Å². The van der Waals surface area contributed by atoms with Crippen LogP contribution in [-0.4, -0.2) is 23.6 Å². The number of aliphatic hydroxyl groups is 1. The van der Waals surface area contributed by atoms with Gasteiger partial charge in [-0.15, -0.1) is 0 Å². The summed E-state index contributed by atoms with van der Waals surface area (Å²) in [6.07, 6.45) is 0.174. The van der Waals surface area contributed by atoms with Crippen molar-refractivity contribution in [2.45, 2.75) is 32.4 Å². The summed E-state index contributed by atoms with van der Waals surface area (Å²) in [4.78, 5) is 11.4. The largest absolute Gasteiger partial charge is 0.387 e. The Balaban J connectivity index is 2.65. The van der Waals surface area contributed by atoms with Gasteiger partial charge in [0.25, 0.3) is 0 Å². The van der Waals surface area contributed by atoms with E-state index in [1.54, 1.807) is 0 Å². The van der Waals surface area contributed by atoms with Crippen molar-refractivity contribution >= 4 is 21.8 Å². The van der Waals surface area contributed by atoms with Crippen molar-refractivity contribution in [2.75, 3.05) is 6.54 Å². The first-order valence-corrected chi connectivity index (χ1v) is 7.21. The summed E-state index contributed by atoms with van der Waals surface area (Å²) in [7, 11) is 0.